The highest BCUT2D eigenvalue weighted by molar-refractivity contribution is 6.04. The molecule has 1 aliphatic rings. The van der Waals surface area contributed by atoms with Crippen LogP contribution in [0, 0.1) is 0 Å². The minimum atomic E-state index is -0.159. The predicted octanol–water partition coefficient (Wildman–Crippen LogP) is 2.25. The number of likely N-dealkylation sites (N-methyl/N-ethyl adjacent to an activating group) is 1. The molecule has 0 bridgehead atoms. The van der Waals surface area contributed by atoms with Crippen LogP contribution < -0.4 is 10.2 Å². The number of hydrogen-bond donors (Lipinski definition) is 1. The second kappa shape index (κ2) is 9.01. The second-order valence-corrected chi connectivity index (χ2v) is 7.01. The molecule has 146 valence electrons. The maximum Gasteiger partial charge on any atom is 0.259 e. The van der Waals surface area contributed by atoms with Crippen molar-refractivity contribution in [3.8, 4) is 11.3 Å². The van der Waals surface area contributed by atoms with Crippen LogP contribution in [0.3, 0.4) is 0 Å². The van der Waals surface area contributed by atoms with Crippen LogP contribution in [0.4, 0.5) is 5.82 Å². The first-order valence-corrected chi connectivity index (χ1v) is 9.44. The van der Waals surface area contributed by atoms with Gasteiger partial charge < -0.3 is 24.4 Å². The topological polar surface area (TPSA) is 70.8 Å². The fourth-order valence-electron chi connectivity index (χ4n) is 2.96. The zero-order chi connectivity index (χ0) is 19.2. The van der Waals surface area contributed by atoms with Gasteiger partial charge >= 0.3 is 0 Å². The van der Waals surface area contributed by atoms with E-state index in [0.717, 1.165) is 12.1 Å². The highest BCUT2D eigenvalue weighted by atomic mass is 16.5. The summed E-state index contributed by atoms with van der Waals surface area (Å²) in [5, 5.41) is 7.25. The molecule has 0 aliphatic carbocycles. The summed E-state index contributed by atoms with van der Waals surface area (Å²) in [6.45, 7) is 8.23. The SMILES string of the molecule is CC(C)N(C)CCNC(=O)c1c(N2CCOCC2)noc1-c1ccccc1. The Labute approximate surface area is 160 Å². The molecule has 7 heteroatoms. The summed E-state index contributed by atoms with van der Waals surface area (Å²) >= 11 is 0. The van der Waals surface area contributed by atoms with Crippen LogP contribution in [-0.4, -0.2) is 68.4 Å². The standard InChI is InChI=1S/C20H28N4O3/c1-15(2)23(3)10-9-21-20(25)17-18(16-7-5-4-6-8-16)27-22-19(17)24-11-13-26-14-12-24/h4-8,15H,9-14H2,1-3H3,(H,21,25). The highest BCUT2D eigenvalue weighted by Gasteiger charge is 2.28. The van der Waals surface area contributed by atoms with Crippen molar-refractivity contribution in [3.05, 3.63) is 35.9 Å². The van der Waals surface area contributed by atoms with Crippen LogP contribution >= 0.6 is 0 Å². The van der Waals surface area contributed by atoms with E-state index in [-0.39, 0.29) is 5.91 Å². The Kier molecular flexibility index (Phi) is 6.47. The number of benzene rings is 1. The molecule has 2 aromatic rings. The van der Waals surface area contributed by atoms with E-state index in [4.69, 9.17) is 9.26 Å². The lowest BCUT2D eigenvalue weighted by molar-refractivity contribution is 0.0947. The van der Waals surface area contributed by atoms with Crippen LogP contribution in [0.2, 0.25) is 0 Å². The first-order valence-electron chi connectivity index (χ1n) is 9.44. The molecule has 1 aromatic carbocycles. The summed E-state index contributed by atoms with van der Waals surface area (Å²) in [5.74, 6) is 0.937. The smallest absolute Gasteiger partial charge is 0.259 e. The van der Waals surface area contributed by atoms with Crippen LogP contribution in [0.5, 0.6) is 0 Å². The molecule has 1 fully saturated rings. The Morgan fingerprint density at radius 3 is 2.63 bits per heavy atom. The third kappa shape index (κ3) is 4.67. The number of amides is 1. The van der Waals surface area contributed by atoms with Crippen LogP contribution in [0.1, 0.15) is 24.2 Å². The van der Waals surface area contributed by atoms with Crippen molar-refractivity contribution in [2.75, 3.05) is 51.3 Å². The van der Waals surface area contributed by atoms with Crippen molar-refractivity contribution in [1.82, 2.24) is 15.4 Å². The lowest BCUT2D eigenvalue weighted by atomic mass is 10.1. The van der Waals surface area contributed by atoms with Gasteiger partial charge in [-0.25, -0.2) is 0 Å². The normalized spacial score (nSPS) is 14.8. The van der Waals surface area contributed by atoms with Gasteiger partial charge in [-0.05, 0) is 20.9 Å². The van der Waals surface area contributed by atoms with Crippen molar-refractivity contribution in [2.24, 2.45) is 0 Å². The Morgan fingerprint density at radius 2 is 1.96 bits per heavy atom. The maximum atomic E-state index is 13.0. The van der Waals surface area contributed by atoms with E-state index in [9.17, 15) is 4.79 Å². The number of carbonyl (C=O) groups is 1. The first-order chi connectivity index (χ1) is 13.1. The summed E-state index contributed by atoms with van der Waals surface area (Å²) in [6, 6.07) is 10.1. The molecule has 0 unspecified atom stereocenters. The molecule has 1 aromatic heterocycles. The van der Waals surface area contributed by atoms with E-state index in [0.29, 0.717) is 56.0 Å². The molecule has 0 radical (unpaired) electrons. The molecule has 2 heterocycles. The molecule has 27 heavy (non-hydrogen) atoms. The van der Waals surface area contributed by atoms with E-state index in [1.54, 1.807) is 0 Å². The fourth-order valence-corrected chi connectivity index (χ4v) is 2.96. The molecule has 3 rings (SSSR count). The number of anilines is 1. The number of hydrogen-bond acceptors (Lipinski definition) is 6. The summed E-state index contributed by atoms with van der Waals surface area (Å²) in [6.07, 6.45) is 0. The van der Waals surface area contributed by atoms with Crippen LogP contribution in [0.25, 0.3) is 11.3 Å². The Morgan fingerprint density at radius 1 is 1.26 bits per heavy atom. The second-order valence-electron chi connectivity index (χ2n) is 7.01. The van der Waals surface area contributed by atoms with Crippen molar-refractivity contribution < 1.29 is 14.1 Å². The van der Waals surface area contributed by atoms with Crippen molar-refractivity contribution >= 4 is 11.7 Å². The van der Waals surface area contributed by atoms with Crippen LogP contribution in [0.15, 0.2) is 34.9 Å². The number of carbonyl (C=O) groups excluding carboxylic acids is 1. The van der Waals surface area contributed by atoms with Gasteiger partial charge in [-0.15, -0.1) is 0 Å². The molecule has 0 spiro atoms. The average molecular weight is 372 g/mol. The lowest BCUT2D eigenvalue weighted by Gasteiger charge is -2.27. The third-order valence-corrected chi connectivity index (χ3v) is 4.88. The highest BCUT2D eigenvalue weighted by Crippen LogP contribution is 2.31. The van der Waals surface area contributed by atoms with Gasteiger partial charge in [-0.3, -0.25) is 4.79 Å². The molecular formula is C20H28N4O3. The monoisotopic (exact) mass is 372 g/mol. The van der Waals surface area contributed by atoms with E-state index < -0.39 is 0 Å². The van der Waals surface area contributed by atoms with E-state index in [1.165, 1.54) is 0 Å². The van der Waals surface area contributed by atoms with Gasteiger partial charge in [0.05, 0.1) is 13.2 Å². The predicted molar refractivity (Wildman–Crippen MR) is 105 cm³/mol. The van der Waals surface area contributed by atoms with E-state index in [2.05, 4.69) is 34.1 Å². The largest absolute Gasteiger partial charge is 0.378 e. The van der Waals surface area contributed by atoms with Gasteiger partial charge in [0.1, 0.15) is 5.56 Å². The minimum absolute atomic E-state index is 0.159. The van der Waals surface area contributed by atoms with Gasteiger partial charge in [0, 0.05) is 37.8 Å². The Hall–Kier alpha value is -2.38. The Bertz CT molecular complexity index is 739. The molecule has 7 nitrogen and oxygen atoms in total. The number of ether oxygens (including phenoxy) is 1. The maximum absolute atomic E-state index is 13.0. The molecule has 1 amide bonds. The van der Waals surface area contributed by atoms with Crippen molar-refractivity contribution in [2.45, 2.75) is 19.9 Å². The summed E-state index contributed by atoms with van der Waals surface area (Å²) < 4.78 is 11.0. The number of nitrogens with zero attached hydrogens (tertiary/aromatic N) is 3. The molecule has 0 atom stereocenters. The number of nitrogens with one attached hydrogen (secondary N) is 1. The molecular weight excluding hydrogens is 344 g/mol. The van der Waals surface area contributed by atoms with E-state index >= 15 is 0 Å². The third-order valence-electron chi connectivity index (χ3n) is 4.88. The zero-order valence-electron chi connectivity index (χ0n) is 16.3. The summed E-state index contributed by atoms with van der Waals surface area (Å²) in [5.41, 5.74) is 1.34. The van der Waals surface area contributed by atoms with Crippen molar-refractivity contribution in [3.63, 3.8) is 0 Å². The summed E-state index contributed by atoms with van der Waals surface area (Å²) in [4.78, 5) is 17.3. The lowest BCUT2D eigenvalue weighted by Crippen LogP contribution is -2.39. The van der Waals surface area contributed by atoms with Gasteiger partial charge in [0.15, 0.2) is 11.6 Å². The van der Waals surface area contributed by atoms with Gasteiger partial charge in [-0.1, -0.05) is 35.5 Å². The van der Waals surface area contributed by atoms with Gasteiger partial charge in [0.25, 0.3) is 5.91 Å². The molecule has 1 saturated heterocycles. The van der Waals surface area contributed by atoms with Crippen LogP contribution in [-0.2, 0) is 4.74 Å². The zero-order valence-corrected chi connectivity index (χ0v) is 16.3. The Balaban J connectivity index is 1.83. The number of morpholine rings is 1. The minimum Gasteiger partial charge on any atom is -0.378 e. The first kappa shape index (κ1) is 19.4. The fraction of sp³-hybridized carbons (Fsp3) is 0.500. The van der Waals surface area contributed by atoms with Crippen molar-refractivity contribution in [1.29, 1.82) is 0 Å². The van der Waals surface area contributed by atoms with E-state index in [1.807, 2.05) is 37.4 Å². The number of aromatic nitrogens is 1. The molecule has 1 aliphatic heterocycles. The number of rotatable bonds is 7. The van der Waals surface area contributed by atoms with Gasteiger partial charge in [0.2, 0.25) is 0 Å². The molecule has 1 N–H and O–H groups in total. The van der Waals surface area contributed by atoms with Gasteiger partial charge in [-0.2, -0.15) is 0 Å². The average Bonchev–Trinajstić information content (AvgIpc) is 3.14. The molecule has 0 saturated carbocycles. The summed E-state index contributed by atoms with van der Waals surface area (Å²) in [7, 11) is 2.05. The quantitative estimate of drug-likeness (QED) is 0.804.